The SMILES string of the molecule is CCN(C(=O)COCC1CCNC1)C1CC1. The lowest BCUT2D eigenvalue weighted by atomic mass is 10.1. The molecule has 0 aromatic carbocycles. The third kappa shape index (κ3) is 3.19. The molecule has 1 N–H and O–H groups in total. The van der Waals surface area contributed by atoms with Crippen molar-refractivity contribution in [1.82, 2.24) is 10.2 Å². The third-order valence-electron chi connectivity index (χ3n) is 3.39. The minimum absolute atomic E-state index is 0.163. The molecule has 1 atom stereocenters. The summed E-state index contributed by atoms with van der Waals surface area (Å²) in [6.45, 7) is 5.97. The molecule has 2 rings (SSSR count). The molecule has 1 amide bonds. The Hall–Kier alpha value is -0.610. The van der Waals surface area contributed by atoms with E-state index in [0.29, 0.717) is 12.0 Å². The van der Waals surface area contributed by atoms with Crippen LogP contribution in [0.5, 0.6) is 0 Å². The number of likely N-dealkylation sites (N-methyl/N-ethyl adjacent to an activating group) is 1. The van der Waals surface area contributed by atoms with Crippen LogP contribution in [0.15, 0.2) is 0 Å². The zero-order valence-corrected chi connectivity index (χ0v) is 10.1. The molecular formula is C12H22N2O2. The fourth-order valence-corrected chi connectivity index (χ4v) is 2.28. The number of rotatable bonds is 6. The first kappa shape index (κ1) is 11.9. The van der Waals surface area contributed by atoms with E-state index in [1.54, 1.807) is 0 Å². The van der Waals surface area contributed by atoms with E-state index in [2.05, 4.69) is 5.32 Å². The quantitative estimate of drug-likeness (QED) is 0.722. The second-order valence-corrected chi connectivity index (χ2v) is 4.78. The first-order valence-corrected chi connectivity index (χ1v) is 6.39. The number of nitrogens with one attached hydrogen (secondary N) is 1. The van der Waals surface area contributed by atoms with Gasteiger partial charge in [-0.1, -0.05) is 0 Å². The van der Waals surface area contributed by atoms with E-state index >= 15 is 0 Å². The molecule has 0 aromatic heterocycles. The van der Waals surface area contributed by atoms with E-state index in [-0.39, 0.29) is 12.5 Å². The maximum Gasteiger partial charge on any atom is 0.248 e. The Kier molecular flexibility index (Phi) is 4.18. The number of carbonyl (C=O) groups is 1. The Bertz CT molecular complexity index is 235. The highest BCUT2D eigenvalue weighted by Crippen LogP contribution is 2.26. The summed E-state index contributed by atoms with van der Waals surface area (Å²) >= 11 is 0. The van der Waals surface area contributed by atoms with Gasteiger partial charge in [0.1, 0.15) is 6.61 Å². The molecule has 0 bridgehead atoms. The molecule has 1 saturated heterocycles. The normalized spacial score (nSPS) is 24.7. The van der Waals surface area contributed by atoms with Gasteiger partial charge in [0.2, 0.25) is 5.91 Å². The fraction of sp³-hybridized carbons (Fsp3) is 0.917. The van der Waals surface area contributed by atoms with Crippen LogP contribution in [-0.4, -0.2) is 49.7 Å². The average Bonchev–Trinajstić information content (AvgIpc) is 2.96. The molecule has 4 heteroatoms. The number of hydrogen-bond donors (Lipinski definition) is 1. The van der Waals surface area contributed by atoms with Gasteiger partial charge in [-0.05, 0) is 38.6 Å². The summed E-state index contributed by atoms with van der Waals surface area (Å²) in [6, 6.07) is 0.509. The van der Waals surface area contributed by atoms with E-state index in [1.165, 1.54) is 19.3 Å². The second kappa shape index (κ2) is 5.64. The first-order valence-electron chi connectivity index (χ1n) is 6.39. The summed E-state index contributed by atoms with van der Waals surface area (Å²) in [7, 11) is 0. The van der Waals surface area contributed by atoms with Gasteiger partial charge in [0, 0.05) is 19.1 Å². The molecule has 0 radical (unpaired) electrons. The number of hydrogen-bond acceptors (Lipinski definition) is 3. The molecule has 1 heterocycles. The number of amides is 1. The maximum atomic E-state index is 11.8. The number of carbonyl (C=O) groups excluding carboxylic acids is 1. The van der Waals surface area contributed by atoms with Crippen molar-refractivity contribution in [2.45, 2.75) is 32.2 Å². The van der Waals surface area contributed by atoms with Crippen LogP contribution in [0.25, 0.3) is 0 Å². The van der Waals surface area contributed by atoms with Crippen LogP contribution in [-0.2, 0) is 9.53 Å². The summed E-state index contributed by atoms with van der Waals surface area (Å²) < 4.78 is 5.51. The lowest BCUT2D eigenvalue weighted by molar-refractivity contribution is -0.136. The molecule has 1 aliphatic carbocycles. The smallest absolute Gasteiger partial charge is 0.248 e. The van der Waals surface area contributed by atoms with Crippen LogP contribution in [0.4, 0.5) is 0 Å². The van der Waals surface area contributed by atoms with Gasteiger partial charge in [-0.2, -0.15) is 0 Å². The van der Waals surface area contributed by atoms with E-state index in [0.717, 1.165) is 26.2 Å². The van der Waals surface area contributed by atoms with Gasteiger partial charge in [-0.15, -0.1) is 0 Å². The Labute approximate surface area is 97.3 Å². The molecule has 16 heavy (non-hydrogen) atoms. The Balaban J connectivity index is 1.62. The van der Waals surface area contributed by atoms with Crippen LogP contribution in [0.2, 0.25) is 0 Å². The Morgan fingerprint density at radius 2 is 2.25 bits per heavy atom. The van der Waals surface area contributed by atoms with E-state index in [1.807, 2.05) is 11.8 Å². The molecule has 0 aromatic rings. The maximum absolute atomic E-state index is 11.8. The zero-order chi connectivity index (χ0) is 11.4. The van der Waals surface area contributed by atoms with E-state index in [4.69, 9.17) is 4.74 Å². The van der Waals surface area contributed by atoms with Crippen LogP contribution in [0.3, 0.4) is 0 Å². The van der Waals surface area contributed by atoms with Crippen molar-refractivity contribution in [1.29, 1.82) is 0 Å². The van der Waals surface area contributed by atoms with Crippen molar-refractivity contribution < 1.29 is 9.53 Å². The van der Waals surface area contributed by atoms with Crippen molar-refractivity contribution in [3.63, 3.8) is 0 Å². The number of ether oxygens (including phenoxy) is 1. The Morgan fingerprint density at radius 3 is 2.81 bits per heavy atom. The van der Waals surface area contributed by atoms with Gasteiger partial charge in [-0.3, -0.25) is 4.79 Å². The summed E-state index contributed by atoms with van der Waals surface area (Å²) in [5.74, 6) is 0.764. The largest absolute Gasteiger partial charge is 0.371 e. The molecular weight excluding hydrogens is 204 g/mol. The van der Waals surface area contributed by atoms with Gasteiger partial charge < -0.3 is 15.0 Å². The van der Waals surface area contributed by atoms with Crippen molar-refractivity contribution in [2.75, 3.05) is 32.8 Å². The molecule has 2 fully saturated rings. The van der Waals surface area contributed by atoms with Crippen molar-refractivity contribution >= 4 is 5.91 Å². The molecule has 1 saturated carbocycles. The van der Waals surface area contributed by atoms with Crippen LogP contribution < -0.4 is 5.32 Å². The van der Waals surface area contributed by atoms with Crippen LogP contribution in [0.1, 0.15) is 26.2 Å². The van der Waals surface area contributed by atoms with Crippen molar-refractivity contribution in [2.24, 2.45) is 5.92 Å². The Morgan fingerprint density at radius 1 is 1.44 bits per heavy atom. The summed E-state index contributed by atoms with van der Waals surface area (Å²) in [4.78, 5) is 13.8. The summed E-state index contributed by atoms with van der Waals surface area (Å²) in [5, 5.41) is 3.30. The highest BCUT2D eigenvalue weighted by atomic mass is 16.5. The summed E-state index contributed by atoms with van der Waals surface area (Å²) in [5.41, 5.74) is 0. The van der Waals surface area contributed by atoms with Gasteiger partial charge >= 0.3 is 0 Å². The molecule has 92 valence electrons. The minimum Gasteiger partial charge on any atom is -0.371 e. The van der Waals surface area contributed by atoms with Crippen LogP contribution in [0, 0.1) is 5.92 Å². The lowest BCUT2D eigenvalue weighted by Gasteiger charge is -2.20. The standard InChI is InChI=1S/C12H22N2O2/c1-2-14(11-3-4-11)12(15)9-16-8-10-5-6-13-7-10/h10-11,13H,2-9H2,1H3. The van der Waals surface area contributed by atoms with Gasteiger partial charge in [-0.25, -0.2) is 0 Å². The topological polar surface area (TPSA) is 41.6 Å². The highest BCUT2D eigenvalue weighted by molar-refractivity contribution is 5.78. The predicted octanol–water partition coefficient (Wildman–Crippen LogP) is 0.623. The minimum atomic E-state index is 0.163. The molecule has 1 aliphatic heterocycles. The molecule has 0 spiro atoms. The van der Waals surface area contributed by atoms with Crippen molar-refractivity contribution in [3.8, 4) is 0 Å². The summed E-state index contributed by atoms with van der Waals surface area (Å²) in [6.07, 6.45) is 3.52. The second-order valence-electron chi connectivity index (χ2n) is 4.78. The zero-order valence-electron chi connectivity index (χ0n) is 10.1. The van der Waals surface area contributed by atoms with Gasteiger partial charge in [0.15, 0.2) is 0 Å². The van der Waals surface area contributed by atoms with E-state index in [9.17, 15) is 4.79 Å². The lowest BCUT2D eigenvalue weighted by Crippen LogP contribution is -2.36. The third-order valence-corrected chi connectivity index (χ3v) is 3.39. The first-order chi connectivity index (χ1) is 7.81. The van der Waals surface area contributed by atoms with Gasteiger partial charge in [0.25, 0.3) is 0 Å². The fourth-order valence-electron chi connectivity index (χ4n) is 2.28. The van der Waals surface area contributed by atoms with Crippen molar-refractivity contribution in [3.05, 3.63) is 0 Å². The highest BCUT2D eigenvalue weighted by Gasteiger charge is 2.31. The molecule has 4 nitrogen and oxygen atoms in total. The predicted molar refractivity (Wildman–Crippen MR) is 62.2 cm³/mol. The van der Waals surface area contributed by atoms with Gasteiger partial charge in [0.05, 0.1) is 6.61 Å². The molecule has 1 unspecified atom stereocenters. The number of nitrogens with zero attached hydrogens (tertiary/aromatic N) is 1. The van der Waals surface area contributed by atoms with E-state index < -0.39 is 0 Å². The molecule has 2 aliphatic rings. The average molecular weight is 226 g/mol. The monoisotopic (exact) mass is 226 g/mol. The van der Waals surface area contributed by atoms with Crippen LogP contribution >= 0.6 is 0 Å².